The van der Waals surface area contributed by atoms with E-state index in [1.54, 1.807) is 24.3 Å². The van der Waals surface area contributed by atoms with Crippen LogP contribution >= 0.6 is 0 Å². The molecule has 11 heteroatoms. The van der Waals surface area contributed by atoms with Gasteiger partial charge in [0.2, 0.25) is 23.6 Å². The van der Waals surface area contributed by atoms with Crippen LogP contribution in [0.4, 0.5) is 0 Å². The zero-order chi connectivity index (χ0) is 26.5. The molecule has 35 heavy (non-hydrogen) atoms. The van der Waals surface area contributed by atoms with Gasteiger partial charge in [-0.15, -0.1) is 0 Å². The lowest BCUT2D eigenvalue weighted by atomic mass is 10.0. The fourth-order valence-electron chi connectivity index (χ4n) is 3.22. The van der Waals surface area contributed by atoms with E-state index in [0.29, 0.717) is 0 Å². The van der Waals surface area contributed by atoms with Crippen LogP contribution in [0.3, 0.4) is 0 Å². The molecule has 0 aliphatic rings. The van der Waals surface area contributed by atoms with Crippen molar-refractivity contribution in [2.75, 3.05) is 6.54 Å². The van der Waals surface area contributed by atoms with Gasteiger partial charge in [0.15, 0.2) is 0 Å². The van der Waals surface area contributed by atoms with Crippen molar-refractivity contribution >= 4 is 29.6 Å². The smallest absolute Gasteiger partial charge is 0.326 e. The number of carboxylic acid groups (broad SMARTS) is 1. The van der Waals surface area contributed by atoms with Crippen LogP contribution < -0.4 is 21.3 Å². The van der Waals surface area contributed by atoms with Crippen LogP contribution in [0.2, 0.25) is 0 Å². The van der Waals surface area contributed by atoms with Gasteiger partial charge >= 0.3 is 5.97 Å². The molecule has 0 spiro atoms. The van der Waals surface area contributed by atoms with Crippen molar-refractivity contribution in [3.05, 3.63) is 35.9 Å². The highest BCUT2D eigenvalue weighted by Crippen LogP contribution is 2.06. The summed E-state index contributed by atoms with van der Waals surface area (Å²) in [6.07, 6.45) is -0.651. The fourth-order valence-corrected chi connectivity index (χ4v) is 3.22. The monoisotopic (exact) mass is 492 g/mol. The van der Waals surface area contributed by atoms with E-state index >= 15 is 0 Å². The van der Waals surface area contributed by atoms with Gasteiger partial charge < -0.3 is 31.5 Å². The lowest BCUT2D eigenvalue weighted by Gasteiger charge is -2.21. The SMILES string of the molecule is CC(C)C[C@H](NC(=O)[C@H](C)NC(=O)CNC(=O)[C@H](Cc1ccccc1)NC(=O)CC(C)O)C(=O)O. The quantitative estimate of drug-likeness (QED) is 0.207. The van der Waals surface area contributed by atoms with Gasteiger partial charge in [0.1, 0.15) is 18.1 Å². The molecule has 0 bridgehead atoms. The molecule has 0 aromatic heterocycles. The lowest BCUT2D eigenvalue weighted by molar-refractivity contribution is -0.142. The molecule has 1 rings (SSSR count). The first-order chi connectivity index (χ1) is 16.4. The fraction of sp³-hybridized carbons (Fsp3) is 0.542. The molecular formula is C24H36N4O7. The average molecular weight is 493 g/mol. The molecule has 0 aliphatic carbocycles. The van der Waals surface area contributed by atoms with Crippen molar-refractivity contribution in [2.24, 2.45) is 5.92 Å². The van der Waals surface area contributed by atoms with E-state index in [9.17, 15) is 34.2 Å². The van der Waals surface area contributed by atoms with Crippen LogP contribution in [-0.2, 0) is 30.4 Å². The summed E-state index contributed by atoms with van der Waals surface area (Å²) in [5, 5.41) is 28.5. The van der Waals surface area contributed by atoms with Gasteiger partial charge in [0, 0.05) is 6.42 Å². The van der Waals surface area contributed by atoms with E-state index in [1.807, 2.05) is 19.9 Å². The second-order valence-electron chi connectivity index (χ2n) is 8.90. The third-order valence-corrected chi connectivity index (χ3v) is 4.93. The summed E-state index contributed by atoms with van der Waals surface area (Å²) in [6, 6.07) is 5.88. The summed E-state index contributed by atoms with van der Waals surface area (Å²) in [7, 11) is 0. The summed E-state index contributed by atoms with van der Waals surface area (Å²) in [5.74, 6) is -3.57. The Kier molecular flexibility index (Phi) is 12.4. The van der Waals surface area contributed by atoms with Gasteiger partial charge in [-0.25, -0.2) is 4.79 Å². The minimum absolute atomic E-state index is 0.0430. The van der Waals surface area contributed by atoms with Gasteiger partial charge in [-0.05, 0) is 31.7 Å². The van der Waals surface area contributed by atoms with Crippen LogP contribution in [-0.4, -0.2) is 70.6 Å². The highest BCUT2D eigenvalue weighted by atomic mass is 16.4. The molecule has 11 nitrogen and oxygen atoms in total. The molecule has 4 amide bonds. The van der Waals surface area contributed by atoms with Gasteiger partial charge in [0.05, 0.1) is 19.1 Å². The van der Waals surface area contributed by atoms with E-state index in [2.05, 4.69) is 21.3 Å². The van der Waals surface area contributed by atoms with E-state index < -0.39 is 60.4 Å². The van der Waals surface area contributed by atoms with Crippen molar-refractivity contribution in [3.8, 4) is 0 Å². The summed E-state index contributed by atoms with van der Waals surface area (Å²) < 4.78 is 0. The number of carbonyl (C=O) groups is 5. The molecule has 0 aliphatic heterocycles. The summed E-state index contributed by atoms with van der Waals surface area (Å²) >= 11 is 0. The van der Waals surface area contributed by atoms with E-state index in [4.69, 9.17) is 0 Å². The maximum Gasteiger partial charge on any atom is 0.326 e. The maximum absolute atomic E-state index is 12.7. The highest BCUT2D eigenvalue weighted by molar-refractivity contribution is 5.93. The second-order valence-corrected chi connectivity index (χ2v) is 8.90. The molecule has 0 saturated carbocycles. The first kappa shape index (κ1) is 29.6. The standard InChI is InChI=1S/C24H36N4O7/c1-14(2)10-19(24(34)35)28-22(32)16(4)26-21(31)13-25-23(33)18(27-20(30)11-15(3)29)12-17-8-6-5-7-9-17/h5-9,14-16,18-19,29H,10-13H2,1-4H3,(H,25,33)(H,26,31)(H,27,30)(H,28,32)(H,34,35)/t15?,16-,18-,19-/m0/s1. The second kappa shape index (κ2) is 14.7. The summed E-state index contributed by atoms with van der Waals surface area (Å²) in [5.41, 5.74) is 0.786. The van der Waals surface area contributed by atoms with E-state index in [-0.39, 0.29) is 25.2 Å². The number of hydrogen-bond donors (Lipinski definition) is 6. The molecule has 4 atom stereocenters. The van der Waals surface area contributed by atoms with Crippen molar-refractivity contribution in [1.82, 2.24) is 21.3 Å². The molecule has 0 heterocycles. The topological polar surface area (TPSA) is 174 Å². The number of carboxylic acids is 1. The van der Waals surface area contributed by atoms with Gasteiger partial charge in [-0.2, -0.15) is 0 Å². The third kappa shape index (κ3) is 12.0. The number of amides is 4. The van der Waals surface area contributed by atoms with Crippen LogP contribution in [0.1, 0.15) is 46.1 Å². The van der Waals surface area contributed by atoms with Crippen LogP contribution in [0.25, 0.3) is 0 Å². The lowest BCUT2D eigenvalue weighted by Crippen LogP contribution is -2.53. The Balaban J connectivity index is 2.67. The number of hydrogen-bond acceptors (Lipinski definition) is 6. The Hall–Kier alpha value is -3.47. The van der Waals surface area contributed by atoms with E-state index in [0.717, 1.165) is 5.56 Å². The highest BCUT2D eigenvalue weighted by Gasteiger charge is 2.26. The first-order valence-corrected chi connectivity index (χ1v) is 11.5. The van der Waals surface area contributed by atoms with Crippen LogP contribution in [0, 0.1) is 5.92 Å². The Morgan fingerprint density at radius 1 is 0.829 bits per heavy atom. The molecule has 1 aromatic carbocycles. The van der Waals surface area contributed by atoms with Crippen molar-refractivity contribution < 1.29 is 34.2 Å². The largest absolute Gasteiger partial charge is 0.480 e. The van der Waals surface area contributed by atoms with Gasteiger partial charge in [-0.1, -0.05) is 44.2 Å². The summed E-state index contributed by atoms with van der Waals surface area (Å²) in [4.78, 5) is 60.7. The number of carbonyl (C=O) groups excluding carboxylic acids is 4. The maximum atomic E-state index is 12.7. The van der Waals surface area contributed by atoms with E-state index in [1.165, 1.54) is 13.8 Å². The molecule has 1 unspecified atom stereocenters. The van der Waals surface area contributed by atoms with Gasteiger partial charge in [-0.3, -0.25) is 19.2 Å². The first-order valence-electron chi connectivity index (χ1n) is 11.5. The number of aliphatic hydroxyl groups is 1. The van der Waals surface area contributed by atoms with Crippen molar-refractivity contribution in [3.63, 3.8) is 0 Å². The molecule has 0 fully saturated rings. The molecular weight excluding hydrogens is 456 g/mol. The van der Waals surface area contributed by atoms with Gasteiger partial charge in [0.25, 0.3) is 0 Å². The Bertz CT molecular complexity index is 874. The zero-order valence-corrected chi connectivity index (χ0v) is 20.5. The summed E-state index contributed by atoms with van der Waals surface area (Å²) in [6.45, 7) is 6.05. The zero-order valence-electron chi connectivity index (χ0n) is 20.5. The van der Waals surface area contributed by atoms with Crippen molar-refractivity contribution in [1.29, 1.82) is 0 Å². The number of aliphatic carboxylic acids is 1. The number of rotatable bonds is 14. The minimum Gasteiger partial charge on any atom is -0.480 e. The van der Waals surface area contributed by atoms with Crippen molar-refractivity contribution in [2.45, 2.75) is 71.2 Å². The predicted octanol–water partition coefficient (Wildman–Crippen LogP) is -0.279. The number of benzene rings is 1. The molecule has 0 radical (unpaired) electrons. The number of nitrogens with one attached hydrogen (secondary N) is 4. The van der Waals surface area contributed by atoms with Crippen LogP contribution in [0.5, 0.6) is 0 Å². The Morgan fingerprint density at radius 3 is 2.00 bits per heavy atom. The normalized spacial score (nSPS) is 14.2. The molecule has 1 aromatic rings. The molecule has 194 valence electrons. The average Bonchev–Trinajstić information content (AvgIpc) is 2.76. The van der Waals surface area contributed by atoms with Crippen LogP contribution in [0.15, 0.2) is 30.3 Å². The molecule has 0 saturated heterocycles. The Labute approximate surface area is 205 Å². The third-order valence-electron chi connectivity index (χ3n) is 4.93. The number of aliphatic hydroxyl groups excluding tert-OH is 1. The molecule has 6 N–H and O–H groups in total. The minimum atomic E-state index is -1.17. The predicted molar refractivity (Wildman–Crippen MR) is 128 cm³/mol. The Morgan fingerprint density at radius 2 is 1.46 bits per heavy atom.